The summed E-state index contributed by atoms with van der Waals surface area (Å²) < 4.78 is 77.7. The number of sulfone groups is 1. The van der Waals surface area contributed by atoms with Gasteiger partial charge in [0.2, 0.25) is 0 Å². The van der Waals surface area contributed by atoms with Crippen LogP contribution in [0.1, 0.15) is 23.6 Å². The van der Waals surface area contributed by atoms with Crippen molar-refractivity contribution in [2.75, 3.05) is 6.26 Å². The van der Waals surface area contributed by atoms with Crippen LogP contribution in [0, 0.1) is 0 Å². The quantitative estimate of drug-likeness (QED) is 0.414. The summed E-state index contributed by atoms with van der Waals surface area (Å²) >= 11 is 3.02. The van der Waals surface area contributed by atoms with Crippen molar-refractivity contribution in [2.45, 2.75) is 23.4 Å². The van der Waals surface area contributed by atoms with Crippen molar-refractivity contribution in [2.24, 2.45) is 0 Å². The van der Waals surface area contributed by atoms with Gasteiger partial charge in [0.05, 0.1) is 4.90 Å². The molecule has 0 radical (unpaired) electrons. The Hall–Kier alpha value is -2.00. The van der Waals surface area contributed by atoms with Gasteiger partial charge in [-0.15, -0.1) is 0 Å². The lowest BCUT2D eigenvalue weighted by Gasteiger charge is -2.23. The summed E-state index contributed by atoms with van der Waals surface area (Å²) in [6, 6.07) is 7.02. The number of pyridine rings is 1. The molecule has 2 aromatic rings. The molecule has 0 spiro atoms. The summed E-state index contributed by atoms with van der Waals surface area (Å²) in [5.41, 5.74) is -0.490. The van der Waals surface area contributed by atoms with Crippen LogP contribution in [0.2, 0.25) is 0 Å². The second-order valence-electron chi connectivity index (χ2n) is 6.34. The van der Waals surface area contributed by atoms with E-state index in [1.54, 1.807) is 0 Å². The van der Waals surface area contributed by atoms with Crippen LogP contribution in [0.5, 0.6) is 0 Å². The smallest absolute Gasteiger partial charge is 0.236 e. The molecule has 1 heterocycles. The van der Waals surface area contributed by atoms with E-state index in [1.807, 2.05) is 0 Å². The van der Waals surface area contributed by atoms with Gasteiger partial charge in [-0.05, 0) is 69.4 Å². The number of hydrogen-bond acceptors (Lipinski definition) is 3. The topological polar surface area (TPSA) is 47.0 Å². The molecule has 0 fully saturated rings. The fraction of sp³-hybridized carbons (Fsp3) is 0.211. The van der Waals surface area contributed by atoms with E-state index in [0.29, 0.717) is 5.56 Å². The SMILES string of the molecule is CS(=O)(=O)c1ccc(-c2cc(Br)nc(C(F)(F)F)c2C2C=CC(F)=CC2)cc1. The van der Waals surface area contributed by atoms with E-state index in [9.17, 15) is 26.0 Å². The fourth-order valence-electron chi connectivity index (χ4n) is 3.04. The summed E-state index contributed by atoms with van der Waals surface area (Å²) in [5.74, 6) is -1.23. The summed E-state index contributed by atoms with van der Waals surface area (Å²) in [7, 11) is -3.44. The average molecular weight is 476 g/mol. The van der Waals surface area contributed by atoms with Gasteiger partial charge in [0.25, 0.3) is 0 Å². The zero-order valence-electron chi connectivity index (χ0n) is 14.5. The number of nitrogens with zero attached hydrogens (tertiary/aromatic N) is 1. The number of hydrogen-bond donors (Lipinski definition) is 0. The van der Waals surface area contributed by atoms with Crippen molar-refractivity contribution in [1.29, 1.82) is 0 Å². The van der Waals surface area contributed by atoms with Crippen molar-refractivity contribution in [3.05, 3.63) is 70.2 Å². The minimum absolute atomic E-state index is 0.00715. The van der Waals surface area contributed by atoms with Crippen LogP contribution in [0.4, 0.5) is 17.6 Å². The molecule has 0 bridgehead atoms. The molecule has 1 aliphatic rings. The first-order valence-electron chi connectivity index (χ1n) is 8.09. The van der Waals surface area contributed by atoms with Crippen molar-refractivity contribution in [1.82, 2.24) is 4.98 Å². The van der Waals surface area contributed by atoms with Crippen molar-refractivity contribution < 1.29 is 26.0 Å². The lowest BCUT2D eigenvalue weighted by atomic mass is 9.85. The molecule has 0 N–H and O–H groups in total. The van der Waals surface area contributed by atoms with Crippen LogP contribution in [0.25, 0.3) is 11.1 Å². The maximum Gasteiger partial charge on any atom is 0.433 e. The van der Waals surface area contributed by atoms with Gasteiger partial charge in [-0.2, -0.15) is 13.2 Å². The Balaban J connectivity index is 2.23. The first-order valence-corrected chi connectivity index (χ1v) is 10.8. The molecular weight excluding hydrogens is 462 g/mol. The molecule has 0 amide bonds. The van der Waals surface area contributed by atoms with Crippen molar-refractivity contribution >= 4 is 25.8 Å². The highest BCUT2D eigenvalue weighted by Gasteiger charge is 2.39. The van der Waals surface area contributed by atoms with Crippen molar-refractivity contribution in [3.63, 3.8) is 0 Å². The Kier molecular flexibility index (Phi) is 5.51. The summed E-state index contributed by atoms with van der Waals surface area (Å²) in [4.78, 5) is 3.69. The molecular formula is C19H14BrF4NO2S. The highest BCUT2D eigenvalue weighted by atomic mass is 79.9. The number of aromatic nitrogens is 1. The predicted octanol–water partition coefficient (Wildman–Crippen LogP) is 5.83. The lowest BCUT2D eigenvalue weighted by molar-refractivity contribution is -0.142. The standard InChI is InChI=1S/C19H14BrF4NO2S/c1-28(26,27)14-8-4-11(5-9-14)15-10-16(20)25-18(19(22,23)24)17(15)12-2-6-13(21)7-3-12/h2,4-10,12H,3H2,1H3. The molecule has 0 aliphatic heterocycles. The third kappa shape index (κ3) is 4.35. The predicted molar refractivity (Wildman–Crippen MR) is 101 cm³/mol. The van der Waals surface area contributed by atoms with E-state index in [-0.39, 0.29) is 27.0 Å². The number of allylic oxidation sites excluding steroid dienone is 4. The molecule has 0 saturated heterocycles. The lowest BCUT2D eigenvalue weighted by Crippen LogP contribution is -2.16. The highest BCUT2D eigenvalue weighted by molar-refractivity contribution is 9.10. The maximum absolute atomic E-state index is 13.7. The van der Waals surface area contributed by atoms with Crippen LogP contribution < -0.4 is 0 Å². The molecule has 0 saturated carbocycles. The normalized spacial score (nSPS) is 17.5. The number of rotatable bonds is 3. The molecule has 28 heavy (non-hydrogen) atoms. The fourth-order valence-corrected chi connectivity index (χ4v) is 4.08. The van der Waals surface area contributed by atoms with Crippen LogP contribution in [0.15, 0.2) is 63.9 Å². The second-order valence-corrected chi connectivity index (χ2v) is 9.17. The van der Waals surface area contributed by atoms with E-state index < -0.39 is 33.5 Å². The van der Waals surface area contributed by atoms with Gasteiger partial charge >= 0.3 is 6.18 Å². The van der Waals surface area contributed by atoms with E-state index in [2.05, 4.69) is 20.9 Å². The van der Waals surface area contributed by atoms with E-state index in [1.165, 1.54) is 42.5 Å². The van der Waals surface area contributed by atoms with E-state index in [0.717, 1.165) is 12.3 Å². The molecule has 3 nitrogen and oxygen atoms in total. The second kappa shape index (κ2) is 7.44. The Morgan fingerprint density at radius 2 is 1.82 bits per heavy atom. The van der Waals surface area contributed by atoms with Crippen LogP contribution >= 0.6 is 15.9 Å². The minimum Gasteiger partial charge on any atom is -0.236 e. The summed E-state index contributed by atoms with van der Waals surface area (Å²) in [6.07, 6.45) is 0.128. The number of halogens is 5. The Morgan fingerprint density at radius 1 is 1.18 bits per heavy atom. The summed E-state index contributed by atoms with van der Waals surface area (Å²) in [6.45, 7) is 0. The first-order chi connectivity index (χ1) is 13.0. The molecule has 148 valence electrons. The monoisotopic (exact) mass is 475 g/mol. The molecule has 1 aromatic carbocycles. The average Bonchev–Trinajstić information content (AvgIpc) is 2.60. The van der Waals surface area contributed by atoms with Gasteiger partial charge in [0, 0.05) is 12.2 Å². The van der Waals surface area contributed by atoms with Gasteiger partial charge in [-0.3, -0.25) is 0 Å². The Morgan fingerprint density at radius 3 is 2.32 bits per heavy atom. The molecule has 1 aliphatic carbocycles. The first kappa shape index (κ1) is 20.7. The van der Waals surface area contributed by atoms with Crippen molar-refractivity contribution in [3.8, 4) is 11.1 Å². The zero-order valence-corrected chi connectivity index (χ0v) is 16.9. The Bertz CT molecular complexity index is 1070. The molecule has 9 heteroatoms. The highest BCUT2D eigenvalue weighted by Crippen LogP contribution is 2.43. The van der Waals surface area contributed by atoms with Gasteiger partial charge in [-0.1, -0.05) is 18.2 Å². The molecule has 1 atom stereocenters. The molecule has 1 aromatic heterocycles. The minimum atomic E-state index is -4.71. The van der Waals surface area contributed by atoms with Gasteiger partial charge in [0.1, 0.15) is 16.1 Å². The zero-order chi connectivity index (χ0) is 20.7. The van der Waals surface area contributed by atoms with Gasteiger partial charge in [-0.25, -0.2) is 17.8 Å². The van der Waals surface area contributed by atoms with E-state index in [4.69, 9.17) is 0 Å². The van der Waals surface area contributed by atoms with Gasteiger partial charge in [0.15, 0.2) is 9.84 Å². The van der Waals surface area contributed by atoms with Crippen LogP contribution in [-0.2, 0) is 16.0 Å². The Labute approximate surface area is 167 Å². The number of benzene rings is 1. The number of alkyl halides is 3. The molecule has 3 rings (SSSR count). The summed E-state index contributed by atoms with van der Waals surface area (Å²) in [5, 5.41) is 0. The van der Waals surface area contributed by atoms with Crippen LogP contribution in [-0.4, -0.2) is 19.7 Å². The largest absolute Gasteiger partial charge is 0.433 e. The van der Waals surface area contributed by atoms with Gasteiger partial charge < -0.3 is 0 Å². The third-order valence-electron chi connectivity index (χ3n) is 4.31. The third-order valence-corrected chi connectivity index (χ3v) is 5.85. The molecule has 1 unspecified atom stereocenters. The van der Waals surface area contributed by atoms with Crippen LogP contribution in [0.3, 0.4) is 0 Å². The van der Waals surface area contributed by atoms with E-state index >= 15 is 0 Å². The maximum atomic E-state index is 13.7.